The van der Waals surface area contributed by atoms with Crippen LogP contribution in [0.25, 0.3) is 0 Å². The molecule has 0 aromatic heterocycles. The van der Waals surface area contributed by atoms with E-state index in [1.807, 2.05) is 24.3 Å². The zero-order valence-electron chi connectivity index (χ0n) is 15.5. The Kier molecular flexibility index (Phi) is 6.89. The summed E-state index contributed by atoms with van der Waals surface area (Å²) in [5, 5.41) is 2.93. The van der Waals surface area contributed by atoms with Gasteiger partial charge >= 0.3 is 0 Å². The van der Waals surface area contributed by atoms with Crippen LogP contribution in [0, 0.1) is 5.82 Å². The highest BCUT2D eigenvalue weighted by atomic mass is 19.1. The molecule has 0 saturated carbocycles. The lowest BCUT2D eigenvalue weighted by molar-refractivity contribution is -0.129. The first kappa shape index (κ1) is 19.6. The maximum absolute atomic E-state index is 13.0. The van der Waals surface area contributed by atoms with Gasteiger partial charge in [-0.05, 0) is 35.2 Å². The second-order valence-electron chi connectivity index (χ2n) is 6.61. The van der Waals surface area contributed by atoms with Gasteiger partial charge in [-0.25, -0.2) is 4.39 Å². The van der Waals surface area contributed by atoms with Gasteiger partial charge in [-0.15, -0.1) is 0 Å². The largest absolute Gasteiger partial charge is 0.338 e. The fourth-order valence-electron chi connectivity index (χ4n) is 2.72. The molecule has 2 aromatic rings. The van der Waals surface area contributed by atoms with Gasteiger partial charge in [0.25, 0.3) is 0 Å². The first-order valence-corrected chi connectivity index (χ1v) is 8.75. The number of anilines is 1. The summed E-state index contributed by atoms with van der Waals surface area (Å²) in [6, 6.07) is 13.7. The highest BCUT2D eigenvalue weighted by Gasteiger charge is 2.14. The highest BCUT2D eigenvalue weighted by Crippen LogP contribution is 2.23. The molecule has 0 aliphatic rings. The molecule has 2 rings (SSSR count). The average Bonchev–Trinajstić information content (AvgIpc) is 2.60. The van der Waals surface area contributed by atoms with E-state index in [4.69, 9.17) is 0 Å². The van der Waals surface area contributed by atoms with Crippen molar-refractivity contribution in [1.29, 1.82) is 0 Å². The number of carbonyl (C=O) groups excluding carboxylic acids is 2. The predicted octanol–water partition coefficient (Wildman–Crippen LogP) is 4.33. The lowest BCUT2D eigenvalue weighted by Crippen LogP contribution is -2.31. The van der Waals surface area contributed by atoms with Crippen LogP contribution in [0.5, 0.6) is 0 Å². The van der Waals surface area contributed by atoms with Gasteiger partial charge in [0.15, 0.2) is 0 Å². The number of hydrogen-bond acceptors (Lipinski definition) is 2. The zero-order valence-corrected chi connectivity index (χ0v) is 15.5. The molecule has 5 heteroatoms. The third-order valence-electron chi connectivity index (χ3n) is 4.20. The molecule has 2 aromatic carbocycles. The summed E-state index contributed by atoms with van der Waals surface area (Å²) in [6.07, 6.45) is 0.202. The van der Waals surface area contributed by atoms with Crippen LogP contribution in [0.15, 0.2) is 48.5 Å². The van der Waals surface area contributed by atoms with E-state index in [0.717, 1.165) is 16.8 Å². The summed E-state index contributed by atoms with van der Waals surface area (Å²) in [5.41, 5.74) is 2.71. The van der Waals surface area contributed by atoms with Crippen LogP contribution in [-0.4, -0.2) is 23.3 Å². The summed E-state index contributed by atoms with van der Waals surface area (Å²) in [5.74, 6) is -0.266. The second-order valence-corrected chi connectivity index (χ2v) is 6.61. The van der Waals surface area contributed by atoms with Crippen molar-refractivity contribution in [3.8, 4) is 0 Å². The molecule has 26 heavy (non-hydrogen) atoms. The summed E-state index contributed by atoms with van der Waals surface area (Å²) < 4.78 is 13.0. The standard InChI is InChI=1S/C21H25FN2O2/c1-15(2)19-6-4-5-7-20(19)23-21(26)12-13-24(16(3)25)14-17-8-10-18(22)11-9-17/h4-11,15H,12-14H2,1-3H3,(H,23,26). The maximum Gasteiger partial charge on any atom is 0.226 e. The molecule has 0 aliphatic heterocycles. The van der Waals surface area contributed by atoms with Crippen LogP contribution in [0.2, 0.25) is 0 Å². The van der Waals surface area contributed by atoms with Gasteiger partial charge in [-0.2, -0.15) is 0 Å². The predicted molar refractivity (Wildman–Crippen MR) is 101 cm³/mol. The molecule has 0 heterocycles. The Balaban J connectivity index is 1.95. The van der Waals surface area contributed by atoms with E-state index in [1.54, 1.807) is 17.0 Å². The van der Waals surface area contributed by atoms with Crippen LogP contribution in [-0.2, 0) is 16.1 Å². The number of amides is 2. The number of benzene rings is 2. The van der Waals surface area contributed by atoms with E-state index < -0.39 is 0 Å². The van der Waals surface area contributed by atoms with Crippen LogP contribution in [0.1, 0.15) is 44.2 Å². The summed E-state index contributed by atoms with van der Waals surface area (Å²) in [7, 11) is 0. The van der Waals surface area contributed by atoms with Crippen LogP contribution >= 0.6 is 0 Å². The van der Waals surface area contributed by atoms with E-state index >= 15 is 0 Å². The molecular weight excluding hydrogens is 331 g/mol. The number of nitrogens with one attached hydrogen (secondary N) is 1. The number of hydrogen-bond donors (Lipinski definition) is 1. The number of rotatable bonds is 7. The molecule has 0 bridgehead atoms. The number of carbonyl (C=O) groups is 2. The van der Waals surface area contributed by atoms with Crippen molar-refractivity contribution in [3.63, 3.8) is 0 Å². The van der Waals surface area contributed by atoms with Crippen molar-refractivity contribution >= 4 is 17.5 Å². The Labute approximate surface area is 154 Å². The molecule has 0 saturated heterocycles. The Morgan fingerprint density at radius 3 is 2.35 bits per heavy atom. The smallest absolute Gasteiger partial charge is 0.226 e. The summed E-state index contributed by atoms with van der Waals surface area (Å²) >= 11 is 0. The summed E-state index contributed by atoms with van der Waals surface area (Å²) in [4.78, 5) is 25.7. The molecule has 0 radical (unpaired) electrons. The van der Waals surface area contributed by atoms with E-state index in [9.17, 15) is 14.0 Å². The van der Waals surface area contributed by atoms with Crippen molar-refractivity contribution in [2.75, 3.05) is 11.9 Å². The fourth-order valence-corrected chi connectivity index (χ4v) is 2.72. The van der Waals surface area contributed by atoms with Crippen LogP contribution < -0.4 is 5.32 Å². The van der Waals surface area contributed by atoms with Crippen molar-refractivity contribution in [3.05, 3.63) is 65.5 Å². The summed E-state index contributed by atoms with van der Waals surface area (Å²) in [6.45, 7) is 6.28. The number of para-hydroxylation sites is 1. The van der Waals surface area contributed by atoms with Gasteiger partial charge in [-0.3, -0.25) is 9.59 Å². The van der Waals surface area contributed by atoms with Gasteiger partial charge in [0, 0.05) is 32.1 Å². The molecule has 0 spiro atoms. The van der Waals surface area contributed by atoms with Gasteiger partial charge in [-0.1, -0.05) is 44.2 Å². The van der Waals surface area contributed by atoms with Crippen molar-refractivity contribution < 1.29 is 14.0 Å². The van der Waals surface area contributed by atoms with Gasteiger partial charge in [0.2, 0.25) is 11.8 Å². The van der Waals surface area contributed by atoms with E-state index in [0.29, 0.717) is 19.0 Å². The minimum atomic E-state index is -0.314. The minimum absolute atomic E-state index is 0.121. The van der Waals surface area contributed by atoms with Crippen LogP contribution in [0.3, 0.4) is 0 Å². The molecule has 4 nitrogen and oxygen atoms in total. The lowest BCUT2D eigenvalue weighted by Gasteiger charge is -2.21. The number of halogens is 1. The average molecular weight is 356 g/mol. The maximum atomic E-state index is 13.0. The third-order valence-corrected chi connectivity index (χ3v) is 4.20. The second kappa shape index (κ2) is 9.13. The Hall–Kier alpha value is -2.69. The molecule has 0 unspecified atom stereocenters. The lowest BCUT2D eigenvalue weighted by atomic mass is 10.0. The zero-order chi connectivity index (χ0) is 19.1. The van der Waals surface area contributed by atoms with Crippen molar-refractivity contribution in [2.24, 2.45) is 0 Å². The molecular formula is C21H25FN2O2. The van der Waals surface area contributed by atoms with Crippen molar-refractivity contribution in [1.82, 2.24) is 4.90 Å². The Morgan fingerprint density at radius 2 is 1.73 bits per heavy atom. The van der Waals surface area contributed by atoms with E-state index in [2.05, 4.69) is 19.2 Å². The van der Waals surface area contributed by atoms with Gasteiger partial charge in [0.05, 0.1) is 0 Å². The number of nitrogens with zero attached hydrogens (tertiary/aromatic N) is 1. The quantitative estimate of drug-likeness (QED) is 0.803. The van der Waals surface area contributed by atoms with E-state index in [-0.39, 0.29) is 24.1 Å². The van der Waals surface area contributed by atoms with Crippen LogP contribution in [0.4, 0.5) is 10.1 Å². The fraction of sp³-hybridized carbons (Fsp3) is 0.333. The first-order valence-electron chi connectivity index (χ1n) is 8.75. The highest BCUT2D eigenvalue weighted by molar-refractivity contribution is 5.92. The topological polar surface area (TPSA) is 49.4 Å². The normalized spacial score (nSPS) is 10.7. The monoisotopic (exact) mass is 356 g/mol. The molecule has 2 amide bonds. The van der Waals surface area contributed by atoms with Gasteiger partial charge < -0.3 is 10.2 Å². The SMILES string of the molecule is CC(=O)N(CCC(=O)Nc1ccccc1C(C)C)Cc1ccc(F)cc1. The Morgan fingerprint density at radius 1 is 1.08 bits per heavy atom. The molecule has 0 atom stereocenters. The Bertz CT molecular complexity index is 757. The first-order chi connectivity index (χ1) is 12.4. The minimum Gasteiger partial charge on any atom is -0.338 e. The van der Waals surface area contributed by atoms with Gasteiger partial charge in [0.1, 0.15) is 5.82 Å². The van der Waals surface area contributed by atoms with Crippen molar-refractivity contribution in [2.45, 2.75) is 39.7 Å². The molecule has 0 aliphatic carbocycles. The molecule has 0 fully saturated rings. The molecule has 1 N–H and O–H groups in total. The van der Waals surface area contributed by atoms with E-state index in [1.165, 1.54) is 19.1 Å². The third kappa shape index (κ3) is 5.69. The molecule has 138 valence electrons.